The molecule has 2 rings (SSSR count). The van der Waals surface area contributed by atoms with E-state index in [1.165, 1.54) is 6.08 Å². The predicted octanol–water partition coefficient (Wildman–Crippen LogP) is 2.80. The third-order valence-electron chi connectivity index (χ3n) is 3.05. The maximum absolute atomic E-state index is 12.1. The van der Waals surface area contributed by atoms with E-state index in [0.29, 0.717) is 12.5 Å². The number of nitrogens with one attached hydrogen (secondary N) is 1. The van der Waals surface area contributed by atoms with Crippen molar-refractivity contribution in [2.24, 2.45) is 5.92 Å². The van der Waals surface area contributed by atoms with Gasteiger partial charge < -0.3 is 10.1 Å². The third-order valence-corrected chi connectivity index (χ3v) is 3.05. The van der Waals surface area contributed by atoms with Gasteiger partial charge in [-0.3, -0.25) is 9.69 Å². The van der Waals surface area contributed by atoms with Crippen LogP contribution in [0, 0.1) is 5.92 Å². The minimum Gasteiger partial charge on any atom is -0.493 e. The van der Waals surface area contributed by atoms with Crippen LogP contribution in [-0.4, -0.2) is 30.0 Å². The van der Waals surface area contributed by atoms with Gasteiger partial charge in [0.2, 0.25) is 0 Å². The van der Waals surface area contributed by atoms with E-state index in [0.717, 1.165) is 16.2 Å². The molecule has 0 aromatic heterocycles. The molecule has 0 radical (unpaired) electrons. The molecule has 0 saturated carbocycles. The van der Waals surface area contributed by atoms with Crippen LogP contribution < -0.4 is 10.1 Å². The number of hydrogen-bond acceptors (Lipinski definition) is 3. The van der Waals surface area contributed by atoms with Crippen LogP contribution in [0.25, 0.3) is 6.08 Å². The van der Waals surface area contributed by atoms with Crippen molar-refractivity contribution in [2.75, 3.05) is 13.2 Å². The van der Waals surface area contributed by atoms with E-state index in [9.17, 15) is 9.59 Å². The average Bonchev–Trinajstić information content (AvgIpc) is 2.74. The van der Waals surface area contributed by atoms with Crippen LogP contribution in [0.4, 0.5) is 4.79 Å². The predicted molar refractivity (Wildman–Crippen MR) is 85.2 cm³/mol. The summed E-state index contributed by atoms with van der Waals surface area (Å²) in [4.78, 5) is 24.8. The Bertz CT molecular complexity index is 603. The van der Waals surface area contributed by atoms with Crippen molar-refractivity contribution in [1.29, 1.82) is 0 Å². The van der Waals surface area contributed by atoms with Gasteiger partial charge in [0.25, 0.3) is 5.91 Å². The molecule has 1 aliphatic rings. The normalized spacial score (nSPS) is 16.3. The summed E-state index contributed by atoms with van der Waals surface area (Å²) >= 11 is 0. The Morgan fingerprint density at radius 2 is 1.95 bits per heavy atom. The number of carbonyl (C=O) groups excluding carboxylic acids is 2. The maximum Gasteiger partial charge on any atom is 0.329 e. The van der Waals surface area contributed by atoms with Gasteiger partial charge in [0.15, 0.2) is 0 Å². The molecule has 1 aromatic carbocycles. The number of carbonyl (C=O) groups is 2. The highest BCUT2D eigenvalue weighted by Crippen LogP contribution is 2.17. The summed E-state index contributed by atoms with van der Waals surface area (Å²) in [7, 11) is 0. The number of ether oxygens (including phenoxy) is 1. The zero-order valence-corrected chi connectivity index (χ0v) is 12.8. The van der Waals surface area contributed by atoms with Gasteiger partial charge in [-0.05, 0) is 29.7 Å². The maximum atomic E-state index is 12.1. The average molecular weight is 300 g/mol. The SMILES string of the molecule is C=CCN1C(=O)N/C(=C/c2ccc(OCC(C)C)cc2)C1=O. The minimum absolute atomic E-state index is 0.198. The Labute approximate surface area is 130 Å². The molecule has 1 N–H and O–H groups in total. The topological polar surface area (TPSA) is 58.6 Å². The number of rotatable bonds is 6. The number of amides is 3. The lowest BCUT2D eigenvalue weighted by Crippen LogP contribution is -2.30. The summed E-state index contributed by atoms with van der Waals surface area (Å²) in [5, 5.41) is 2.56. The van der Waals surface area contributed by atoms with E-state index in [4.69, 9.17) is 4.74 Å². The summed E-state index contributed by atoms with van der Waals surface area (Å²) in [6.07, 6.45) is 3.16. The summed E-state index contributed by atoms with van der Waals surface area (Å²) in [5.74, 6) is 0.903. The van der Waals surface area contributed by atoms with Crippen molar-refractivity contribution in [3.8, 4) is 5.75 Å². The lowest BCUT2D eigenvalue weighted by Gasteiger charge is -2.08. The second-order valence-electron chi connectivity index (χ2n) is 5.47. The first-order chi connectivity index (χ1) is 10.5. The van der Waals surface area contributed by atoms with E-state index >= 15 is 0 Å². The second-order valence-corrected chi connectivity index (χ2v) is 5.47. The van der Waals surface area contributed by atoms with Crippen molar-refractivity contribution in [2.45, 2.75) is 13.8 Å². The van der Waals surface area contributed by atoms with Crippen LogP contribution in [0.5, 0.6) is 5.75 Å². The van der Waals surface area contributed by atoms with Crippen molar-refractivity contribution in [1.82, 2.24) is 10.2 Å². The van der Waals surface area contributed by atoms with E-state index in [2.05, 4.69) is 25.7 Å². The molecular formula is C17H20N2O3. The van der Waals surface area contributed by atoms with Crippen molar-refractivity contribution in [3.63, 3.8) is 0 Å². The summed E-state index contributed by atoms with van der Waals surface area (Å²) < 4.78 is 5.60. The fraction of sp³-hybridized carbons (Fsp3) is 0.294. The van der Waals surface area contributed by atoms with Crippen LogP contribution in [0.15, 0.2) is 42.6 Å². The monoisotopic (exact) mass is 300 g/mol. The van der Waals surface area contributed by atoms with E-state index < -0.39 is 6.03 Å². The Balaban J connectivity index is 2.08. The van der Waals surface area contributed by atoms with Gasteiger partial charge in [-0.15, -0.1) is 6.58 Å². The molecule has 3 amide bonds. The molecule has 22 heavy (non-hydrogen) atoms. The fourth-order valence-corrected chi connectivity index (χ4v) is 1.96. The highest BCUT2D eigenvalue weighted by molar-refractivity contribution is 6.14. The van der Waals surface area contributed by atoms with Crippen LogP contribution in [0.2, 0.25) is 0 Å². The molecule has 0 aliphatic carbocycles. The summed E-state index contributed by atoms with van der Waals surface area (Å²) in [6.45, 7) is 8.56. The quantitative estimate of drug-likeness (QED) is 0.499. The van der Waals surface area contributed by atoms with Gasteiger partial charge in [-0.1, -0.05) is 32.1 Å². The first kappa shape index (κ1) is 15.8. The molecule has 0 spiro atoms. The molecule has 0 unspecified atom stereocenters. The van der Waals surface area contributed by atoms with Crippen molar-refractivity contribution in [3.05, 3.63) is 48.2 Å². The number of imide groups is 1. The summed E-state index contributed by atoms with van der Waals surface area (Å²) in [6, 6.07) is 6.96. The van der Waals surface area contributed by atoms with E-state index in [1.54, 1.807) is 6.08 Å². The van der Waals surface area contributed by atoms with Gasteiger partial charge in [-0.25, -0.2) is 4.79 Å². The highest BCUT2D eigenvalue weighted by Gasteiger charge is 2.32. The molecule has 1 heterocycles. The molecular weight excluding hydrogens is 280 g/mol. The van der Waals surface area contributed by atoms with E-state index in [1.807, 2.05) is 24.3 Å². The number of benzene rings is 1. The molecule has 0 bridgehead atoms. The Morgan fingerprint density at radius 3 is 2.55 bits per heavy atom. The number of nitrogens with zero attached hydrogens (tertiary/aromatic N) is 1. The molecule has 116 valence electrons. The highest BCUT2D eigenvalue weighted by atomic mass is 16.5. The molecule has 5 heteroatoms. The third kappa shape index (κ3) is 3.75. The molecule has 1 aromatic rings. The Hall–Kier alpha value is -2.56. The zero-order valence-electron chi connectivity index (χ0n) is 12.8. The standard InChI is InChI=1S/C17H20N2O3/c1-4-9-19-16(20)15(18-17(19)21)10-13-5-7-14(8-6-13)22-11-12(2)3/h4-8,10,12H,1,9,11H2,2-3H3,(H,18,21)/b15-10+. The Kier molecular flexibility index (Phi) is 4.99. The number of hydrogen-bond donors (Lipinski definition) is 1. The minimum atomic E-state index is -0.423. The lowest BCUT2D eigenvalue weighted by molar-refractivity contribution is -0.122. The van der Waals surface area contributed by atoms with Gasteiger partial charge in [0.05, 0.1) is 6.61 Å². The van der Waals surface area contributed by atoms with Crippen LogP contribution in [-0.2, 0) is 4.79 Å². The fourth-order valence-electron chi connectivity index (χ4n) is 1.96. The summed E-state index contributed by atoms with van der Waals surface area (Å²) in [5.41, 5.74) is 1.09. The lowest BCUT2D eigenvalue weighted by atomic mass is 10.2. The van der Waals surface area contributed by atoms with Crippen LogP contribution >= 0.6 is 0 Å². The van der Waals surface area contributed by atoms with Crippen LogP contribution in [0.1, 0.15) is 19.4 Å². The second kappa shape index (κ2) is 6.93. The zero-order chi connectivity index (χ0) is 16.1. The Morgan fingerprint density at radius 1 is 1.27 bits per heavy atom. The largest absolute Gasteiger partial charge is 0.493 e. The first-order valence-corrected chi connectivity index (χ1v) is 7.19. The van der Waals surface area contributed by atoms with Gasteiger partial charge in [-0.2, -0.15) is 0 Å². The van der Waals surface area contributed by atoms with Gasteiger partial charge in [0, 0.05) is 6.54 Å². The van der Waals surface area contributed by atoms with Gasteiger partial charge >= 0.3 is 6.03 Å². The molecule has 1 fully saturated rings. The first-order valence-electron chi connectivity index (χ1n) is 7.19. The van der Waals surface area contributed by atoms with Crippen LogP contribution in [0.3, 0.4) is 0 Å². The van der Waals surface area contributed by atoms with Gasteiger partial charge in [0.1, 0.15) is 11.4 Å². The molecule has 5 nitrogen and oxygen atoms in total. The van der Waals surface area contributed by atoms with Crippen molar-refractivity contribution >= 4 is 18.0 Å². The molecule has 0 atom stereocenters. The molecule has 1 saturated heterocycles. The molecule has 1 aliphatic heterocycles. The van der Waals surface area contributed by atoms with Crippen molar-refractivity contribution < 1.29 is 14.3 Å². The van der Waals surface area contributed by atoms with E-state index in [-0.39, 0.29) is 18.1 Å². The number of urea groups is 1. The smallest absolute Gasteiger partial charge is 0.329 e.